The lowest BCUT2D eigenvalue weighted by atomic mass is 9.97. The minimum Gasteiger partial charge on any atom is -0.507 e. The summed E-state index contributed by atoms with van der Waals surface area (Å²) in [4.78, 5) is 21.8. The third-order valence-corrected chi connectivity index (χ3v) is 5.06. The fourth-order valence-electron chi connectivity index (χ4n) is 3.56. The van der Waals surface area contributed by atoms with Crippen molar-refractivity contribution in [3.05, 3.63) is 53.6 Å². The predicted octanol–water partition coefficient (Wildman–Crippen LogP) is 3.93. The molecule has 2 aromatic carbocycles. The third kappa shape index (κ3) is 5.82. The van der Waals surface area contributed by atoms with Crippen molar-refractivity contribution in [3.8, 4) is 16.9 Å². The third-order valence-electron chi connectivity index (χ3n) is 5.06. The minimum absolute atomic E-state index is 0.0443. The summed E-state index contributed by atoms with van der Waals surface area (Å²) in [6.45, 7) is 4.30. The Morgan fingerprint density at radius 3 is 2.29 bits per heavy atom. The summed E-state index contributed by atoms with van der Waals surface area (Å²) in [6.07, 6.45) is 3.82. The van der Waals surface area contributed by atoms with Gasteiger partial charge in [0.1, 0.15) is 5.75 Å². The normalized spacial score (nSPS) is 15.2. The van der Waals surface area contributed by atoms with Gasteiger partial charge in [-0.3, -0.25) is 14.5 Å². The van der Waals surface area contributed by atoms with Crippen LogP contribution in [0.3, 0.4) is 0 Å². The summed E-state index contributed by atoms with van der Waals surface area (Å²) in [7, 11) is 0. The number of hydrogen-bond donors (Lipinski definition) is 3. The molecule has 3 N–H and O–H groups in total. The number of phenols is 1. The van der Waals surface area contributed by atoms with Gasteiger partial charge < -0.3 is 15.3 Å². The van der Waals surface area contributed by atoms with E-state index in [0.717, 1.165) is 18.7 Å². The Balaban J connectivity index is 0.000000878. The van der Waals surface area contributed by atoms with E-state index < -0.39 is 5.97 Å². The van der Waals surface area contributed by atoms with Crippen LogP contribution in [0.5, 0.6) is 5.75 Å². The predicted molar refractivity (Wildman–Crippen MR) is 107 cm³/mol. The quantitative estimate of drug-likeness (QED) is 0.675. The van der Waals surface area contributed by atoms with Gasteiger partial charge in [0.05, 0.1) is 6.42 Å². The largest absolute Gasteiger partial charge is 0.507 e. The van der Waals surface area contributed by atoms with E-state index >= 15 is 0 Å². The van der Waals surface area contributed by atoms with Crippen LogP contribution >= 0.6 is 0 Å². The van der Waals surface area contributed by atoms with Crippen molar-refractivity contribution in [3.63, 3.8) is 0 Å². The molecule has 0 saturated carbocycles. The van der Waals surface area contributed by atoms with Gasteiger partial charge in [-0.1, -0.05) is 36.8 Å². The van der Waals surface area contributed by atoms with Crippen LogP contribution in [0.2, 0.25) is 0 Å². The van der Waals surface area contributed by atoms with Crippen molar-refractivity contribution < 1.29 is 24.9 Å². The standard InChI is InChI=1S/C21H25NO3.CH2O2/c1-15(22-11-3-2-4-12-22)17-6-8-18(9-7-17)19-13-16(14-21(24)25)5-10-20(19)23;2-1-3/h5-10,13,15,23H,2-4,11-12,14H2,1H3,(H,24,25);1H,(H,2,3). The van der Waals surface area contributed by atoms with Gasteiger partial charge in [0.15, 0.2) is 0 Å². The van der Waals surface area contributed by atoms with E-state index in [1.807, 2.05) is 12.1 Å². The molecule has 1 saturated heterocycles. The summed E-state index contributed by atoms with van der Waals surface area (Å²) >= 11 is 0. The first kappa shape index (κ1) is 21.4. The topological polar surface area (TPSA) is 98.1 Å². The maximum atomic E-state index is 10.9. The Kier molecular flexibility index (Phi) is 8.02. The highest BCUT2D eigenvalue weighted by molar-refractivity contribution is 5.75. The Morgan fingerprint density at radius 2 is 1.71 bits per heavy atom. The number of piperidine rings is 1. The molecule has 0 aromatic heterocycles. The summed E-state index contributed by atoms with van der Waals surface area (Å²) in [6, 6.07) is 13.6. The molecular weight excluding hydrogens is 358 g/mol. The average Bonchev–Trinajstić information content (AvgIpc) is 2.70. The van der Waals surface area contributed by atoms with Gasteiger partial charge in [-0.15, -0.1) is 0 Å². The summed E-state index contributed by atoms with van der Waals surface area (Å²) in [5.74, 6) is -0.701. The van der Waals surface area contributed by atoms with Crippen molar-refractivity contribution in [1.82, 2.24) is 4.90 Å². The number of benzene rings is 2. The molecule has 1 aliphatic heterocycles. The van der Waals surface area contributed by atoms with Gasteiger partial charge in [-0.2, -0.15) is 0 Å². The second-order valence-electron chi connectivity index (χ2n) is 6.92. The van der Waals surface area contributed by atoms with Gasteiger partial charge in [0.25, 0.3) is 6.47 Å². The molecule has 1 unspecified atom stereocenters. The van der Waals surface area contributed by atoms with Crippen LogP contribution < -0.4 is 0 Å². The van der Waals surface area contributed by atoms with E-state index in [-0.39, 0.29) is 18.6 Å². The van der Waals surface area contributed by atoms with Crippen LogP contribution in [0.15, 0.2) is 42.5 Å². The van der Waals surface area contributed by atoms with E-state index in [9.17, 15) is 9.90 Å². The first-order valence-electron chi connectivity index (χ1n) is 9.42. The number of hydrogen-bond acceptors (Lipinski definition) is 4. The Labute approximate surface area is 165 Å². The van der Waals surface area contributed by atoms with E-state index in [1.165, 1.54) is 24.8 Å². The molecule has 1 aliphatic rings. The molecule has 0 aliphatic carbocycles. The number of nitrogens with zero attached hydrogens (tertiary/aromatic N) is 1. The van der Waals surface area contributed by atoms with E-state index in [1.54, 1.807) is 18.2 Å². The van der Waals surface area contributed by atoms with E-state index in [0.29, 0.717) is 17.2 Å². The number of rotatable bonds is 5. The molecule has 1 heterocycles. The second kappa shape index (κ2) is 10.5. The van der Waals surface area contributed by atoms with E-state index in [4.69, 9.17) is 15.0 Å². The van der Waals surface area contributed by atoms with E-state index in [2.05, 4.69) is 24.0 Å². The SMILES string of the molecule is CC(c1ccc(-c2cc(CC(=O)O)ccc2O)cc1)N1CCCCC1.O=CO. The molecule has 150 valence electrons. The van der Waals surface area contributed by atoms with Gasteiger partial charge in [-0.25, -0.2) is 0 Å². The molecule has 3 rings (SSSR count). The highest BCUT2D eigenvalue weighted by Gasteiger charge is 2.18. The highest BCUT2D eigenvalue weighted by Crippen LogP contribution is 2.32. The summed E-state index contributed by atoms with van der Waals surface area (Å²) in [5, 5.41) is 26.0. The summed E-state index contributed by atoms with van der Waals surface area (Å²) < 4.78 is 0. The second-order valence-corrected chi connectivity index (χ2v) is 6.92. The maximum absolute atomic E-state index is 10.9. The molecule has 0 amide bonds. The van der Waals surface area contributed by atoms with Gasteiger partial charge >= 0.3 is 5.97 Å². The highest BCUT2D eigenvalue weighted by atomic mass is 16.4. The smallest absolute Gasteiger partial charge is 0.307 e. The number of aromatic hydroxyl groups is 1. The Hall–Kier alpha value is -2.86. The molecule has 2 aromatic rings. The zero-order valence-corrected chi connectivity index (χ0v) is 16.0. The van der Waals surface area contributed by atoms with Gasteiger partial charge in [0, 0.05) is 11.6 Å². The van der Waals surface area contributed by atoms with Gasteiger partial charge in [0.2, 0.25) is 0 Å². The number of likely N-dealkylation sites (tertiary alicyclic amines) is 1. The van der Waals surface area contributed by atoms with Crippen LogP contribution in [0.4, 0.5) is 0 Å². The number of carbonyl (C=O) groups is 2. The first-order chi connectivity index (χ1) is 13.5. The number of aliphatic carboxylic acids is 1. The number of phenolic OH excluding ortho intramolecular Hbond substituents is 1. The molecule has 6 heteroatoms. The lowest BCUT2D eigenvalue weighted by molar-refractivity contribution is -0.136. The fourth-order valence-corrected chi connectivity index (χ4v) is 3.56. The van der Waals surface area contributed by atoms with Crippen molar-refractivity contribution in [2.24, 2.45) is 0 Å². The lowest BCUT2D eigenvalue weighted by Crippen LogP contribution is -2.32. The van der Waals surface area contributed by atoms with Gasteiger partial charge in [-0.05, 0) is 61.7 Å². The zero-order valence-electron chi connectivity index (χ0n) is 16.0. The number of carboxylic acids is 1. The van der Waals surface area contributed by atoms with Crippen LogP contribution in [-0.2, 0) is 16.0 Å². The zero-order chi connectivity index (χ0) is 20.5. The maximum Gasteiger partial charge on any atom is 0.307 e. The van der Waals surface area contributed by atoms with Crippen LogP contribution in [0.1, 0.15) is 43.4 Å². The van der Waals surface area contributed by atoms with Crippen molar-refractivity contribution in [2.75, 3.05) is 13.1 Å². The molecule has 6 nitrogen and oxygen atoms in total. The first-order valence-corrected chi connectivity index (χ1v) is 9.42. The molecule has 28 heavy (non-hydrogen) atoms. The molecule has 0 radical (unpaired) electrons. The van der Waals surface area contributed by atoms with Crippen LogP contribution in [0.25, 0.3) is 11.1 Å². The van der Waals surface area contributed by atoms with Crippen LogP contribution in [-0.4, -0.2) is 45.8 Å². The fraction of sp³-hybridized carbons (Fsp3) is 0.364. The number of carboxylic acid groups (broad SMARTS) is 2. The molecule has 0 spiro atoms. The van der Waals surface area contributed by atoms with Crippen molar-refractivity contribution in [2.45, 2.75) is 38.6 Å². The van der Waals surface area contributed by atoms with Crippen molar-refractivity contribution in [1.29, 1.82) is 0 Å². The lowest BCUT2D eigenvalue weighted by Gasteiger charge is -2.32. The Bertz CT molecular complexity index is 782. The Morgan fingerprint density at radius 1 is 1.11 bits per heavy atom. The molecular formula is C22H27NO5. The average molecular weight is 385 g/mol. The molecule has 1 fully saturated rings. The monoisotopic (exact) mass is 385 g/mol. The minimum atomic E-state index is -0.873. The molecule has 1 atom stereocenters. The summed E-state index contributed by atoms with van der Waals surface area (Å²) in [5.41, 5.74) is 3.54. The van der Waals surface area contributed by atoms with Crippen LogP contribution in [0, 0.1) is 0 Å². The van der Waals surface area contributed by atoms with Crippen molar-refractivity contribution >= 4 is 12.4 Å². The molecule has 0 bridgehead atoms.